The molecule has 4 rings (SSSR count). The van der Waals surface area contributed by atoms with E-state index in [9.17, 15) is 19.5 Å². The van der Waals surface area contributed by atoms with E-state index in [0.717, 1.165) is 27.8 Å². The van der Waals surface area contributed by atoms with Crippen LogP contribution >= 0.6 is 0 Å². The molecule has 228 valence electrons. The van der Waals surface area contributed by atoms with Gasteiger partial charge in [-0.2, -0.15) is 0 Å². The number of carbonyl (C=O) groups excluding carboxylic acids is 3. The van der Waals surface area contributed by atoms with E-state index in [2.05, 4.69) is 16.0 Å². The molecule has 3 aromatic rings. The number of fused-ring (bicyclic) bond motifs is 1. The van der Waals surface area contributed by atoms with E-state index in [-0.39, 0.29) is 43.2 Å². The highest BCUT2D eigenvalue weighted by Gasteiger charge is 2.31. The van der Waals surface area contributed by atoms with Crippen LogP contribution in [0.1, 0.15) is 47.3 Å². The third-order valence-electron chi connectivity index (χ3n) is 7.61. The maximum atomic E-state index is 13.8. The van der Waals surface area contributed by atoms with Crippen molar-refractivity contribution in [1.29, 1.82) is 0 Å². The first-order chi connectivity index (χ1) is 20.8. The van der Waals surface area contributed by atoms with Gasteiger partial charge in [0.15, 0.2) is 0 Å². The molecule has 3 amide bonds. The Morgan fingerprint density at radius 2 is 1.67 bits per heavy atom. The van der Waals surface area contributed by atoms with Crippen molar-refractivity contribution < 1.29 is 24.6 Å². The Morgan fingerprint density at radius 3 is 2.40 bits per heavy atom. The third-order valence-corrected chi connectivity index (χ3v) is 7.61. The summed E-state index contributed by atoms with van der Waals surface area (Å²) in [7, 11) is 0. The van der Waals surface area contributed by atoms with E-state index >= 15 is 0 Å². The minimum absolute atomic E-state index is 0.0214. The molecule has 0 radical (unpaired) electrons. The molecule has 3 aromatic carbocycles. The summed E-state index contributed by atoms with van der Waals surface area (Å²) in [5, 5.41) is 27.4. The average molecular weight is 587 g/mol. The lowest BCUT2D eigenvalue weighted by atomic mass is 9.98. The Hall–Kier alpha value is -4.05. The second kappa shape index (κ2) is 15.4. The van der Waals surface area contributed by atoms with Gasteiger partial charge in [-0.05, 0) is 53.3 Å². The molecule has 1 aliphatic heterocycles. The fourth-order valence-electron chi connectivity index (χ4n) is 5.37. The third kappa shape index (κ3) is 8.73. The summed E-state index contributed by atoms with van der Waals surface area (Å²) in [4.78, 5) is 41.1. The molecule has 0 fully saturated rings. The van der Waals surface area contributed by atoms with Gasteiger partial charge in [0.05, 0.1) is 12.7 Å². The molecular weight excluding hydrogens is 544 g/mol. The first-order valence-corrected chi connectivity index (χ1v) is 14.9. The van der Waals surface area contributed by atoms with Gasteiger partial charge in [-0.1, -0.05) is 73.7 Å². The van der Waals surface area contributed by atoms with E-state index < -0.39 is 12.1 Å². The summed E-state index contributed by atoms with van der Waals surface area (Å²) in [5.41, 5.74) is 5.41. The molecule has 43 heavy (non-hydrogen) atoms. The second-order valence-electron chi connectivity index (χ2n) is 11.2. The Morgan fingerprint density at radius 1 is 0.977 bits per heavy atom. The Kier molecular flexibility index (Phi) is 11.4. The Bertz CT molecular complexity index is 1390. The van der Waals surface area contributed by atoms with Crippen LogP contribution in [0.4, 0.5) is 0 Å². The number of aliphatic hydroxyl groups is 2. The molecule has 0 saturated carbocycles. The monoisotopic (exact) mass is 586 g/mol. The van der Waals surface area contributed by atoms with Gasteiger partial charge in [0, 0.05) is 44.6 Å². The highest BCUT2D eigenvalue weighted by atomic mass is 16.3. The largest absolute Gasteiger partial charge is 0.394 e. The molecule has 0 aromatic heterocycles. The summed E-state index contributed by atoms with van der Waals surface area (Å²) in [6.07, 6.45) is -0.190. The highest BCUT2D eigenvalue weighted by Crippen LogP contribution is 2.26. The number of nitrogens with zero attached hydrogens (tertiary/aromatic N) is 1. The molecule has 5 N–H and O–H groups in total. The van der Waals surface area contributed by atoms with Crippen LogP contribution in [-0.4, -0.2) is 71.2 Å². The van der Waals surface area contributed by atoms with Gasteiger partial charge in [-0.15, -0.1) is 0 Å². The summed E-state index contributed by atoms with van der Waals surface area (Å²) < 4.78 is 0. The molecule has 1 aliphatic rings. The molecule has 3 atom stereocenters. The molecule has 0 bridgehead atoms. The van der Waals surface area contributed by atoms with E-state index in [1.165, 1.54) is 0 Å². The van der Waals surface area contributed by atoms with Crippen LogP contribution in [0.5, 0.6) is 0 Å². The van der Waals surface area contributed by atoms with Gasteiger partial charge in [-0.3, -0.25) is 14.4 Å². The minimum Gasteiger partial charge on any atom is -0.394 e. The van der Waals surface area contributed by atoms with Gasteiger partial charge in [0.25, 0.3) is 5.91 Å². The second-order valence-corrected chi connectivity index (χ2v) is 11.2. The van der Waals surface area contributed by atoms with Crippen molar-refractivity contribution >= 4 is 17.7 Å². The van der Waals surface area contributed by atoms with Gasteiger partial charge in [-0.25, -0.2) is 0 Å². The van der Waals surface area contributed by atoms with Crippen molar-refractivity contribution in [2.45, 2.75) is 51.9 Å². The summed E-state index contributed by atoms with van der Waals surface area (Å²) >= 11 is 0. The number of nitrogens with one attached hydrogen (secondary N) is 3. The Labute approximate surface area is 253 Å². The lowest BCUT2D eigenvalue weighted by Crippen LogP contribution is -2.48. The van der Waals surface area contributed by atoms with Crippen molar-refractivity contribution in [3.8, 4) is 11.1 Å². The van der Waals surface area contributed by atoms with E-state index in [1.807, 2.05) is 86.6 Å². The molecule has 9 nitrogen and oxygen atoms in total. The molecule has 0 saturated heterocycles. The van der Waals surface area contributed by atoms with Crippen molar-refractivity contribution in [3.05, 3.63) is 95.1 Å². The van der Waals surface area contributed by atoms with Gasteiger partial charge < -0.3 is 31.1 Å². The first-order valence-electron chi connectivity index (χ1n) is 14.9. The topological polar surface area (TPSA) is 131 Å². The average Bonchev–Trinajstić information content (AvgIpc) is 3.13. The number of carbonyl (C=O) groups is 3. The van der Waals surface area contributed by atoms with Crippen LogP contribution in [0, 0.1) is 5.92 Å². The smallest absolute Gasteiger partial charge is 0.251 e. The van der Waals surface area contributed by atoms with Crippen molar-refractivity contribution in [1.82, 2.24) is 20.9 Å². The molecule has 0 spiro atoms. The lowest BCUT2D eigenvalue weighted by molar-refractivity contribution is -0.137. The number of aliphatic hydroxyl groups excluding tert-OH is 2. The molecule has 0 aliphatic carbocycles. The fourth-order valence-corrected chi connectivity index (χ4v) is 5.37. The standard InChI is InChI=1S/C34H42N4O5/c1-3-36-33(42)30-11-7-6-10-29(30)25-14-12-24(13-15-25)20-38-21-27-9-5-4-8-26(27)17-31(34(38)43)37-32(41)16-23(2)18-35-19-28(40)22-39/h4-15,23,28,31,35,39-40H,3,16-22H2,1-2H3,(H,36,42)(H,37,41)/t23?,28-,31+/m0/s1. The summed E-state index contributed by atoms with van der Waals surface area (Å²) in [6, 6.07) is 22.6. The highest BCUT2D eigenvalue weighted by molar-refractivity contribution is 6.00. The number of benzene rings is 3. The maximum absolute atomic E-state index is 13.8. The van der Waals surface area contributed by atoms with Crippen molar-refractivity contribution in [2.24, 2.45) is 5.92 Å². The van der Waals surface area contributed by atoms with Crippen LogP contribution in [0.15, 0.2) is 72.8 Å². The van der Waals surface area contributed by atoms with Crippen LogP contribution in [0.25, 0.3) is 11.1 Å². The molecule has 9 heteroatoms. The maximum Gasteiger partial charge on any atom is 0.251 e. The van der Waals surface area contributed by atoms with Crippen molar-refractivity contribution in [2.75, 3.05) is 26.2 Å². The normalized spacial score (nSPS) is 16.1. The van der Waals surface area contributed by atoms with Gasteiger partial charge in [0.2, 0.25) is 11.8 Å². The first kappa shape index (κ1) is 31.9. The predicted octanol–water partition coefficient (Wildman–Crippen LogP) is 2.64. The van der Waals surface area contributed by atoms with Gasteiger partial charge >= 0.3 is 0 Å². The minimum atomic E-state index is -0.838. The fraction of sp³-hybridized carbons (Fsp3) is 0.382. The zero-order valence-electron chi connectivity index (χ0n) is 24.9. The predicted molar refractivity (Wildman–Crippen MR) is 166 cm³/mol. The summed E-state index contributed by atoms with van der Waals surface area (Å²) in [5.74, 6) is -0.473. The molecule has 1 heterocycles. The van der Waals surface area contributed by atoms with Crippen LogP contribution in [0.2, 0.25) is 0 Å². The number of hydrogen-bond donors (Lipinski definition) is 5. The van der Waals surface area contributed by atoms with Gasteiger partial charge in [0.1, 0.15) is 6.04 Å². The number of rotatable bonds is 13. The SMILES string of the molecule is CCNC(=O)c1ccccc1-c1ccc(CN2Cc3ccccc3C[C@@H](NC(=O)CC(C)CNC[C@H](O)CO)C2=O)cc1. The number of hydrogen-bond acceptors (Lipinski definition) is 6. The van der Waals surface area contributed by atoms with Crippen LogP contribution in [-0.2, 0) is 29.1 Å². The van der Waals surface area contributed by atoms with Crippen LogP contribution in [0.3, 0.4) is 0 Å². The number of amides is 3. The van der Waals surface area contributed by atoms with E-state index in [0.29, 0.717) is 38.2 Å². The van der Waals surface area contributed by atoms with Crippen LogP contribution < -0.4 is 16.0 Å². The summed E-state index contributed by atoms with van der Waals surface area (Å²) in [6.45, 7) is 5.61. The molecule has 1 unspecified atom stereocenters. The van der Waals surface area contributed by atoms with Crippen molar-refractivity contribution in [3.63, 3.8) is 0 Å². The lowest BCUT2D eigenvalue weighted by Gasteiger charge is -2.26. The Balaban J connectivity index is 1.46. The van der Waals surface area contributed by atoms with E-state index in [1.54, 1.807) is 4.90 Å². The van der Waals surface area contributed by atoms with E-state index in [4.69, 9.17) is 5.11 Å². The molecular formula is C34H42N4O5. The zero-order valence-corrected chi connectivity index (χ0v) is 24.9. The quantitative estimate of drug-likeness (QED) is 0.209. The zero-order chi connectivity index (χ0) is 30.8.